The highest BCUT2D eigenvalue weighted by molar-refractivity contribution is 6.31. The third-order valence-electron chi connectivity index (χ3n) is 3.95. The topological polar surface area (TPSA) is 30.5 Å². The van der Waals surface area contributed by atoms with Crippen molar-refractivity contribution in [2.75, 3.05) is 6.61 Å². The molecular formula is C20H25Cl2NO2. The van der Waals surface area contributed by atoms with E-state index in [4.69, 9.17) is 32.7 Å². The van der Waals surface area contributed by atoms with Gasteiger partial charge in [-0.05, 0) is 49.6 Å². The van der Waals surface area contributed by atoms with Crippen LogP contribution in [0.4, 0.5) is 0 Å². The van der Waals surface area contributed by atoms with E-state index in [0.717, 1.165) is 17.5 Å². The standard InChI is InChI=1S/C20H25Cl2NO2/c1-4-14(3)23-12-16-10-19(24-5-2)20(11-18(16)22)25-13-15-7-6-8-17(21)9-15/h6-11,14,23H,4-5,12-13H2,1-3H3. The molecule has 0 spiro atoms. The van der Waals surface area contributed by atoms with E-state index >= 15 is 0 Å². The highest BCUT2D eigenvalue weighted by Gasteiger charge is 2.12. The molecule has 0 aliphatic carbocycles. The zero-order valence-electron chi connectivity index (χ0n) is 14.9. The van der Waals surface area contributed by atoms with E-state index in [1.807, 2.05) is 43.3 Å². The average molecular weight is 382 g/mol. The summed E-state index contributed by atoms with van der Waals surface area (Å²) < 4.78 is 11.7. The molecule has 2 aromatic carbocycles. The van der Waals surface area contributed by atoms with Crippen molar-refractivity contribution >= 4 is 23.2 Å². The Morgan fingerprint density at radius 3 is 2.48 bits per heavy atom. The van der Waals surface area contributed by atoms with Crippen LogP contribution in [-0.2, 0) is 13.2 Å². The van der Waals surface area contributed by atoms with E-state index in [-0.39, 0.29) is 0 Å². The van der Waals surface area contributed by atoms with Gasteiger partial charge in [0.05, 0.1) is 6.61 Å². The van der Waals surface area contributed by atoms with Gasteiger partial charge in [-0.25, -0.2) is 0 Å². The van der Waals surface area contributed by atoms with Gasteiger partial charge in [-0.1, -0.05) is 42.3 Å². The average Bonchev–Trinajstić information content (AvgIpc) is 2.60. The number of benzene rings is 2. The fourth-order valence-corrected chi connectivity index (χ4v) is 2.74. The molecule has 0 heterocycles. The second-order valence-electron chi connectivity index (χ2n) is 5.93. The summed E-state index contributed by atoms with van der Waals surface area (Å²) in [5.41, 5.74) is 1.99. The molecule has 2 aromatic rings. The molecule has 0 amide bonds. The van der Waals surface area contributed by atoms with Crippen molar-refractivity contribution in [1.82, 2.24) is 5.32 Å². The lowest BCUT2D eigenvalue weighted by molar-refractivity contribution is 0.269. The van der Waals surface area contributed by atoms with Gasteiger partial charge in [0.15, 0.2) is 11.5 Å². The van der Waals surface area contributed by atoms with Crippen LogP contribution in [0.25, 0.3) is 0 Å². The van der Waals surface area contributed by atoms with Crippen molar-refractivity contribution in [3.63, 3.8) is 0 Å². The highest BCUT2D eigenvalue weighted by Crippen LogP contribution is 2.34. The van der Waals surface area contributed by atoms with Gasteiger partial charge in [0.2, 0.25) is 0 Å². The van der Waals surface area contributed by atoms with Crippen molar-refractivity contribution in [3.8, 4) is 11.5 Å². The summed E-state index contributed by atoms with van der Waals surface area (Å²) in [5, 5.41) is 4.80. The first-order valence-corrected chi connectivity index (χ1v) is 9.34. The van der Waals surface area contributed by atoms with Crippen LogP contribution < -0.4 is 14.8 Å². The minimum Gasteiger partial charge on any atom is -0.490 e. The largest absolute Gasteiger partial charge is 0.490 e. The molecule has 0 saturated heterocycles. The Kier molecular flexibility index (Phi) is 7.89. The first-order valence-electron chi connectivity index (χ1n) is 8.59. The number of rotatable bonds is 9. The highest BCUT2D eigenvalue weighted by atomic mass is 35.5. The Morgan fingerprint density at radius 1 is 1.04 bits per heavy atom. The third-order valence-corrected chi connectivity index (χ3v) is 4.54. The molecule has 3 nitrogen and oxygen atoms in total. The summed E-state index contributed by atoms with van der Waals surface area (Å²) in [4.78, 5) is 0. The van der Waals surface area contributed by atoms with Crippen LogP contribution in [0.15, 0.2) is 36.4 Å². The zero-order chi connectivity index (χ0) is 18.2. The number of ether oxygens (including phenoxy) is 2. The van der Waals surface area contributed by atoms with Crippen LogP contribution in [0.3, 0.4) is 0 Å². The van der Waals surface area contributed by atoms with Crippen LogP contribution in [0, 0.1) is 0 Å². The molecule has 5 heteroatoms. The maximum atomic E-state index is 6.44. The van der Waals surface area contributed by atoms with Gasteiger partial charge in [0.25, 0.3) is 0 Å². The third kappa shape index (κ3) is 6.10. The molecular weight excluding hydrogens is 357 g/mol. The van der Waals surface area contributed by atoms with Gasteiger partial charge in [0.1, 0.15) is 6.61 Å². The second-order valence-corrected chi connectivity index (χ2v) is 6.78. The van der Waals surface area contributed by atoms with E-state index in [9.17, 15) is 0 Å². The lowest BCUT2D eigenvalue weighted by Gasteiger charge is -2.17. The first kappa shape index (κ1) is 19.9. The molecule has 136 valence electrons. The summed E-state index contributed by atoms with van der Waals surface area (Å²) in [6, 6.07) is 11.8. The smallest absolute Gasteiger partial charge is 0.163 e. The Balaban J connectivity index is 2.14. The van der Waals surface area contributed by atoms with E-state index in [0.29, 0.717) is 47.3 Å². The Hall–Kier alpha value is -1.42. The van der Waals surface area contributed by atoms with Gasteiger partial charge in [-0.3, -0.25) is 0 Å². The fraction of sp³-hybridized carbons (Fsp3) is 0.400. The van der Waals surface area contributed by atoms with Crippen molar-refractivity contribution in [3.05, 3.63) is 57.6 Å². The molecule has 0 fully saturated rings. The number of hydrogen-bond acceptors (Lipinski definition) is 3. The van der Waals surface area contributed by atoms with Gasteiger partial charge in [0, 0.05) is 28.7 Å². The molecule has 1 N–H and O–H groups in total. The number of hydrogen-bond donors (Lipinski definition) is 1. The molecule has 0 saturated carbocycles. The molecule has 0 bridgehead atoms. The van der Waals surface area contributed by atoms with Crippen molar-refractivity contribution in [2.24, 2.45) is 0 Å². The predicted octanol–water partition coefficient (Wildman–Crippen LogP) is 5.86. The summed E-state index contributed by atoms with van der Waals surface area (Å²) in [6.07, 6.45) is 1.07. The minimum atomic E-state index is 0.404. The van der Waals surface area contributed by atoms with Gasteiger partial charge < -0.3 is 14.8 Å². The molecule has 0 aromatic heterocycles. The zero-order valence-corrected chi connectivity index (χ0v) is 16.5. The summed E-state index contributed by atoms with van der Waals surface area (Å²) >= 11 is 12.5. The maximum Gasteiger partial charge on any atom is 0.163 e. The van der Waals surface area contributed by atoms with Crippen LogP contribution in [-0.4, -0.2) is 12.6 Å². The van der Waals surface area contributed by atoms with Crippen molar-refractivity contribution < 1.29 is 9.47 Å². The molecule has 1 atom stereocenters. The molecule has 0 radical (unpaired) electrons. The molecule has 0 aliphatic heterocycles. The lowest BCUT2D eigenvalue weighted by atomic mass is 10.1. The lowest BCUT2D eigenvalue weighted by Crippen LogP contribution is -2.24. The van der Waals surface area contributed by atoms with Gasteiger partial charge in [-0.15, -0.1) is 0 Å². The quantitative estimate of drug-likeness (QED) is 0.589. The van der Waals surface area contributed by atoms with E-state index in [1.54, 1.807) is 0 Å². The summed E-state index contributed by atoms with van der Waals surface area (Å²) in [5.74, 6) is 1.34. The number of nitrogens with one attached hydrogen (secondary N) is 1. The van der Waals surface area contributed by atoms with E-state index in [2.05, 4.69) is 19.2 Å². The normalized spacial score (nSPS) is 12.0. The van der Waals surface area contributed by atoms with Crippen LogP contribution in [0.1, 0.15) is 38.3 Å². The van der Waals surface area contributed by atoms with E-state index in [1.165, 1.54) is 0 Å². The van der Waals surface area contributed by atoms with Gasteiger partial charge in [-0.2, -0.15) is 0 Å². The SMILES string of the molecule is CCOc1cc(CNC(C)CC)c(Cl)cc1OCc1cccc(Cl)c1. The molecule has 25 heavy (non-hydrogen) atoms. The van der Waals surface area contributed by atoms with Crippen LogP contribution in [0.5, 0.6) is 11.5 Å². The minimum absolute atomic E-state index is 0.404. The summed E-state index contributed by atoms with van der Waals surface area (Å²) in [7, 11) is 0. The summed E-state index contributed by atoms with van der Waals surface area (Å²) in [6.45, 7) is 7.92. The first-order chi connectivity index (χ1) is 12.0. The predicted molar refractivity (Wildman–Crippen MR) is 105 cm³/mol. The van der Waals surface area contributed by atoms with Crippen LogP contribution in [0.2, 0.25) is 10.0 Å². The Labute approximate surface area is 160 Å². The van der Waals surface area contributed by atoms with Gasteiger partial charge >= 0.3 is 0 Å². The molecule has 1 unspecified atom stereocenters. The van der Waals surface area contributed by atoms with E-state index < -0.39 is 0 Å². The monoisotopic (exact) mass is 381 g/mol. The fourth-order valence-electron chi connectivity index (χ4n) is 2.31. The number of halogens is 2. The van der Waals surface area contributed by atoms with Crippen LogP contribution >= 0.6 is 23.2 Å². The van der Waals surface area contributed by atoms with Crippen molar-refractivity contribution in [2.45, 2.75) is 46.4 Å². The Morgan fingerprint density at radius 2 is 1.80 bits per heavy atom. The Bertz CT molecular complexity index is 691. The second kappa shape index (κ2) is 9.91. The molecule has 2 rings (SSSR count). The molecule has 0 aliphatic rings. The maximum absolute atomic E-state index is 6.44. The van der Waals surface area contributed by atoms with Crippen molar-refractivity contribution in [1.29, 1.82) is 0 Å².